The van der Waals surface area contributed by atoms with Crippen molar-refractivity contribution in [2.24, 2.45) is 0 Å². The lowest BCUT2D eigenvalue weighted by Gasteiger charge is -2.28. The highest BCUT2D eigenvalue weighted by Gasteiger charge is 2.31. The molecule has 2 aromatic rings. The molecule has 3 heterocycles. The number of rotatable bonds is 4. The lowest BCUT2D eigenvalue weighted by atomic mass is 10.1. The van der Waals surface area contributed by atoms with E-state index in [4.69, 9.17) is 0 Å². The monoisotopic (exact) mass is 303 g/mol. The molecule has 0 unspecified atom stereocenters. The van der Waals surface area contributed by atoms with Crippen molar-refractivity contribution in [2.75, 3.05) is 11.9 Å². The average molecular weight is 303 g/mol. The Morgan fingerprint density at radius 3 is 2.81 bits per heavy atom. The molecule has 1 N–H and O–H groups in total. The van der Waals surface area contributed by atoms with Gasteiger partial charge in [0.2, 0.25) is 0 Å². The molecule has 0 saturated carbocycles. The molecule has 0 radical (unpaired) electrons. The Kier molecular flexibility index (Phi) is 4.17. The minimum Gasteiger partial charge on any atom is -0.315 e. The van der Waals surface area contributed by atoms with Crippen molar-refractivity contribution in [2.45, 2.75) is 45.7 Å². The summed E-state index contributed by atoms with van der Waals surface area (Å²) < 4.78 is 0. The van der Waals surface area contributed by atoms with Crippen LogP contribution in [-0.4, -0.2) is 32.4 Å². The Bertz CT molecular complexity index is 610. The van der Waals surface area contributed by atoms with Gasteiger partial charge in [0.15, 0.2) is 10.9 Å². The van der Waals surface area contributed by atoms with E-state index in [1.54, 1.807) is 23.7 Å². The van der Waals surface area contributed by atoms with Gasteiger partial charge in [-0.3, -0.25) is 9.88 Å². The molecule has 3 rings (SSSR count). The SMILES string of the molecule is Cc1cnc(Nc2nccnc2[C@H]2CCCN2C(C)C)s1. The Balaban J connectivity index is 1.88. The van der Waals surface area contributed by atoms with Crippen LogP contribution in [0.2, 0.25) is 0 Å². The molecule has 0 aromatic carbocycles. The number of nitrogens with zero attached hydrogens (tertiary/aromatic N) is 4. The number of aromatic nitrogens is 3. The van der Waals surface area contributed by atoms with Crippen LogP contribution >= 0.6 is 11.3 Å². The molecule has 2 aromatic heterocycles. The first-order chi connectivity index (χ1) is 10.1. The minimum absolute atomic E-state index is 0.349. The molecule has 1 saturated heterocycles. The number of hydrogen-bond donors (Lipinski definition) is 1. The maximum Gasteiger partial charge on any atom is 0.188 e. The second kappa shape index (κ2) is 6.07. The van der Waals surface area contributed by atoms with Gasteiger partial charge < -0.3 is 5.32 Å². The summed E-state index contributed by atoms with van der Waals surface area (Å²) in [5, 5.41) is 4.21. The quantitative estimate of drug-likeness (QED) is 0.936. The van der Waals surface area contributed by atoms with Crippen LogP contribution in [0.4, 0.5) is 10.9 Å². The molecule has 0 amide bonds. The summed E-state index contributed by atoms with van der Waals surface area (Å²) in [5.74, 6) is 0.837. The number of anilines is 2. The van der Waals surface area contributed by atoms with Gasteiger partial charge in [-0.05, 0) is 40.2 Å². The molecule has 5 nitrogen and oxygen atoms in total. The van der Waals surface area contributed by atoms with Crippen LogP contribution < -0.4 is 5.32 Å². The second-order valence-corrected chi connectivity index (χ2v) is 6.92. The second-order valence-electron chi connectivity index (χ2n) is 5.68. The van der Waals surface area contributed by atoms with E-state index in [1.165, 1.54) is 11.3 Å². The van der Waals surface area contributed by atoms with E-state index in [2.05, 4.69) is 45.9 Å². The molecule has 21 heavy (non-hydrogen) atoms. The fourth-order valence-electron chi connectivity index (χ4n) is 2.90. The van der Waals surface area contributed by atoms with Gasteiger partial charge in [0.1, 0.15) is 5.69 Å². The van der Waals surface area contributed by atoms with Crippen molar-refractivity contribution >= 4 is 22.3 Å². The van der Waals surface area contributed by atoms with Crippen LogP contribution in [0.3, 0.4) is 0 Å². The highest BCUT2D eigenvalue weighted by atomic mass is 32.1. The normalized spacial score (nSPS) is 19.3. The minimum atomic E-state index is 0.349. The smallest absolute Gasteiger partial charge is 0.188 e. The highest BCUT2D eigenvalue weighted by molar-refractivity contribution is 7.15. The molecule has 0 bridgehead atoms. The fourth-order valence-corrected chi connectivity index (χ4v) is 3.57. The van der Waals surface area contributed by atoms with Crippen LogP contribution in [0.5, 0.6) is 0 Å². The molecule has 1 atom stereocenters. The summed E-state index contributed by atoms with van der Waals surface area (Å²) in [7, 11) is 0. The lowest BCUT2D eigenvalue weighted by molar-refractivity contribution is 0.202. The first-order valence-electron chi connectivity index (χ1n) is 7.41. The van der Waals surface area contributed by atoms with Gasteiger partial charge in [0.25, 0.3) is 0 Å². The Hall–Kier alpha value is -1.53. The van der Waals surface area contributed by atoms with E-state index in [1.807, 2.05) is 6.20 Å². The molecule has 112 valence electrons. The number of likely N-dealkylation sites (tertiary alicyclic amines) is 1. The van der Waals surface area contributed by atoms with Crippen molar-refractivity contribution in [1.82, 2.24) is 19.9 Å². The van der Waals surface area contributed by atoms with Gasteiger partial charge in [-0.25, -0.2) is 9.97 Å². The van der Waals surface area contributed by atoms with Crippen molar-refractivity contribution in [3.05, 3.63) is 29.2 Å². The van der Waals surface area contributed by atoms with Crippen molar-refractivity contribution in [3.8, 4) is 0 Å². The topological polar surface area (TPSA) is 53.9 Å². The maximum atomic E-state index is 4.61. The highest BCUT2D eigenvalue weighted by Crippen LogP contribution is 2.36. The third-order valence-electron chi connectivity index (χ3n) is 3.85. The maximum absolute atomic E-state index is 4.61. The molecular weight excluding hydrogens is 282 g/mol. The van der Waals surface area contributed by atoms with Crippen molar-refractivity contribution in [3.63, 3.8) is 0 Å². The number of hydrogen-bond acceptors (Lipinski definition) is 6. The molecular formula is C15H21N5S. The van der Waals surface area contributed by atoms with Crippen molar-refractivity contribution in [1.29, 1.82) is 0 Å². The van der Waals surface area contributed by atoms with E-state index in [-0.39, 0.29) is 0 Å². The van der Waals surface area contributed by atoms with E-state index >= 15 is 0 Å². The van der Waals surface area contributed by atoms with Gasteiger partial charge in [0, 0.05) is 29.5 Å². The van der Waals surface area contributed by atoms with Crippen LogP contribution in [0, 0.1) is 6.92 Å². The Morgan fingerprint density at radius 1 is 1.29 bits per heavy atom. The van der Waals surface area contributed by atoms with E-state index in [9.17, 15) is 0 Å². The molecule has 1 fully saturated rings. The van der Waals surface area contributed by atoms with E-state index in [0.29, 0.717) is 12.1 Å². The van der Waals surface area contributed by atoms with Gasteiger partial charge >= 0.3 is 0 Å². The predicted octanol–water partition coefficient (Wildman–Crippen LogP) is 3.53. The summed E-state index contributed by atoms with van der Waals surface area (Å²) in [4.78, 5) is 17.1. The average Bonchev–Trinajstić information content (AvgIpc) is 3.08. The summed E-state index contributed by atoms with van der Waals surface area (Å²) >= 11 is 1.64. The van der Waals surface area contributed by atoms with E-state index in [0.717, 1.165) is 29.6 Å². The summed E-state index contributed by atoms with van der Waals surface area (Å²) in [6.07, 6.45) is 7.75. The standard InChI is InChI=1S/C15H21N5S/c1-10(2)20-8-4-5-12(20)13-14(17-7-6-16-13)19-15-18-9-11(3)21-15/h6-7,9-10,12H,4-5,8H2,1-3H3,(H,17,18,19)/t12-/m1/s1. The number of aryl methyl sites for hydroxylation is 1. The summed E-state index contributed by atoms with van der Waals surface area (Å²) in [6.45, 7) is 7.67. The van der Waals surface area contributed by atoms with Gasteiger partial charge in [-0.15, -0.1) is 11.3 Å². The Labute approximate surface area is 129 Å². The van der Waals surface area contributed by atoms with Crippen molar-refractivity contribution < 1.29 is 0 Å². The molecule has 1 aliphatic rings. The Morgan fingerprint density at radius 2 is 2.10 bits per heavy atom. The summed E-state index contributed by atoms with van der Waals surface area (Å²) in [5.41, 5.74) is 1.04. The van der Waals surface area contributed by atoms with Gasteiger partial charge in [-0.2, -0.15) is 0 Å². The van der Waals surface area contributed by atoms with E-state index < -0.39 is 0 Å². The zero-order valence-corrected chi connectivity index (χ0v) is 13.5. The summed E-state index contributed by atoms with van der Waals surface area (Å²) in [6, 6.07) is 0.872. The van der Waals surface area contributed by atoms with Gasteiger partial charge in [0.05, 0.1) is 6.04 Å². The largest absolute Gasteiger partial charge is 0.315 e. The zero-order valence-electron chi connectivity index (χ0n) is 12.7. The fraction of sp³-hybridized carbons (Fsp3) is 0.533. The van der Waals surface area contributed by atoms with Crippen LogP contribution in [0.25, 0.3) is 0 Å². The molecule has 0 aliphatic carbocycles. The lowest BCUT2D eigenvalue weighted by Crippen LogP contribution is -2.31. The predicted molar refractivity (Wildman–Crippen MR) is 86.0 cm³/mol. The first kappa shape index (κ1) is 14.4. The molecule has 6 heteroatoms. The first-order valence-corrected chi connectivity index (χ1v) is 8.23. The molecule has 0 spiro atoms. The van der Waals surface area contributed by atoms with Crippen LogP contribution in [0.15, 0.2) is 18.6 Å². The molecule has 1 aliphatic heterocycles. The number of thiazole rings is 1. The van der Waals surface area contributed by atoms with Crippen LogP contribution in [0.1, 0.15) is 43.3 Å². The van der Waals surface area contributed by atoms with Crippen LogP contribution in [-0.2, 0) is 0 Å². The zero-order chi connectivity index (χ0) is 14.8. The van der Waals surface area contributed by atoms with Gasteiger partial charge in [-0.1, -0.05) is 0 Å². The third kappa shape index (κ3) is 3.06. The number of nitrogens with one attached hydrogen (secondary N) is 1. The third-order valence-corrected chi connectivity index (χ3v) is 4.67.